The van der Waals surface area contributed by atoms with Gasteiger partial charge >= 0.3 is 6.03 Å². The van der Waals surface area contributed by atoms with E-state index in [0.717, 1.165) is 22.8 Å². The lowest BCUT2D eigenvalue weighted by atomic mass is 10.2. The lowest BCUT2D eigenvalue weighted by Crippen LogP contribution is -2.34. The molecule has 2 amide bonds. The quantitative estimate of drug-likeness (QED) is 0.879. The van der Waals surface area contributed by atoms with Crippen LogP contribution in [-0.2, 0) is 0 Å². The highest BCUT2D eigenvalue weighted by molar-refractivity contribution is 7.99. The molecule has 1 heterocycles. The van der Waals surface area contributed by atoms with Crippen LogP contribution in [-0.4, -0.2) is 30.3 Å². The molecule has 1 N–H and O–H groups in total. The maximum absolute atomic E-state index is 12.6. The van der Waals surface area contributed by atoms with Gasteiger partial charge in [0.1, 0.15) is 11.1 Å². The first kappa shape index (κ1) is 16.0. The molecule has 0 unspecified atom stereocenters. The lowest BCUT2D eigenvalue weighted by molar-refractivity contribution is 0.214. The molecule has 1 atom stereocenters. The van der Waals surface area contributed by atoms with Crippen LogP contribution in [0.5, 0.6) is 5.75 Å². The summed E-state index contributed by atoms with van der Waals surface area (Å²) in [6.07, 6.45) is 0. The van der Waals surface area contributed by atoms with Crippen molar-refractivity contribution in [3.63, 3.8) is 0 Å². The molecule has 1 fully saturated rings. The van der Waals surface area contributed by atoms with Gasteiger partial charge in [-0.05, 0) is 42.0 Å². The largest absolute Gasteiger partial charge is 0.497 e. The minimum Gasteiger partial charge on any atom is -0.497 e. The van der Waals surface area contributed by atoms with E-state index in [0.29, 0.717) is 11.6 Å². The van der Waals surface area contributed by atoms with Crippen molar-refractivity contribution >= 4 is 35.1 Å². The molecule has 0 spiro atoms. The predicted octanol–water partition coefficient (Wildman–Crippen LogP) is 4.63. The van der Waals surface area contributed by atoms with Gasteiger partial charge in [-0.1, -0.05) is 23.7 Å². The molecule has 0 bridgehead atoms. The zero-order chi connectivity index (χ0) is 16.2. The highest BCUT2D eigenvalue weighted by Gasteiger charge is 2.30. The Morgan fingerprint density at radius 1 is 1.30 bits per heavy atom. The summed E-state index contributed by atoms with van der Waals surface area (Å²) in [5, 5.41) is 3.61. The van der Waals surface area contributed by atoms with E-state index in [1.54, 1.807) is 18.9 Å². The molecular formula is C17H17ClN2O2S. The van der Waals surface area contributed by atoms with Gasteiger partial charge in [-0.3, -0.25) is 0 Å². The van der Waals surface area contributed by atoms with Crippen LogP contribution in [0.4, 0.5) is 10.5 Å². The number of thioether (sulfide) groups is 1. The standard InChI is InChI=1S/C17H17ClN2O2S/c1-22-15-7-5-14(6-8-15)19-17(21)20-9-10-23-16(20)12-3-2-4-13(18)11-12/h2-8,11,16H,9-10H2,1H3,(H,19,21)/t16-/m0/s1. The molecular weight excluding hydrogens is 332 g/mol. The molecule has 120 valence electrons. The van der Waals surface area contributed by atoms with Crippen LogP contribution < -0.4 is 10.1 Å². The van der Waals surface area contributed by atoms with Crippen molar-refractivity contribution in [1.82, 2.24) is 4.90 Å². The summed E-state index contributed by atoms with van der Waals surface area (Å²) in [5.74, 6) is 1.67. The van der Waals surface area contributed by atoms with Crippen molar-refractivity contribution in [2.75, 3.05) is 24.7 Å². The van der Waals surface area contributed by atoms with Crippen LogP contribution in [0.25, 0.3) is 0 Å². The second-order valence-electron chi connectivity index (χ2n) is 5.13. The normalized spacial score (nSPS) is 17.1. The minimum atomic E-state index is -0.106. The lowest BCUT2D eigenvalue weighted by Gasteiger charge is -2.24. The number of ether oxygens (including phenoxy) is 1. The number of carbonyl (C=O) groups excluding carboxylic acids is 1. The van der Waals surface area contributed by atoms with Gasteiger partial charge in [0.05, 0.1) is 7.11 Å². The van der Waals surface area contributed by atoms with Crippen molar-refractivity contribution < 1.29 is 9.53 Å². The Morgan fingerprint density at radius 2 is 2.09 bits per heavy atom. The van der Waals surface area contributed by atoms with E-state index in [1.807, 2.05) is 53.4 Å². The van der Waals surface area contributed by atoms with E-state index in [9.17, 15) is 4.79 Å². The Kier molecular flexibility index (Phi) is 4.98. The molecule has 0 saturated carbocycles. The van der Waals surface area contributed by atoms with Gasteiger partial charge in [0.25, 0.3) is 0 Å². The average molecular weight is 349 g/mol. The average Bonchev–Trinajstić information content (AvgIpc) is 3.05. The van der Waals surface area contributed by atoms with Gasteiger partial charge in [-0.15, -0.1) is 11.8 Å². The van der Waals surface area contributed by atoms with E-state index in [2.05, 4.69) is 5.32 Å². The number of rotatable bonds is 3. The summed E-state index contributed by atoms with van der Waals surface area (Å²) in [7, 11) is 1.62. The van der Waals surface area contributed by atoms with Gasteiger partial charge in [0, 0.05) is 23.0 Å². The summed E-state index contributed by atoms with van der Waals surface area (Å²) in [4.78, 5) is 14.4. The van der Waals surface area contributed by atoms with E-state index >= 15 is 0 Å². The van der Waals surface area contributed by atoms with Crippen molar-refractivity contribution in [3.05, 3.63) is 59.1 Å². The maximum atomic E-state index is 12.6. The third-order valence-corrected chi connectivity index (χ3v) is 5.12. The third kappa shape index (κ3) is 3.74. The van der Waals surface area contributed by atoms with E-state index < -0.39 is 0 Å². The molecule has 1 aliphatic rings. The molecule has 0 aromatic heterocycles. The summed E-state index contributed by atoms with van der Waals surface area (Å²) in [6, 6.07) is 14.9. The summed E-state index contributed by atoms with van der Waals surface area (Å²) in [5.41, 5.74) is 1.79. The maximum Gasteiger partial charge on any atom is 0.323 e. The van der Waals surface area contributed by atoms with Gasteiger partial charge in [-0.25, -0.2) is 4.79 Å². The summed E-state index contributed by atoms with van der Waals surface area (Å²) < 4.78 is 5.12. The summed E-state index contributed by atoms with van der Waals surface area (Å²) in [6.45, 7) is 0.712. The first-order valence-electron chi connectivity index (χ1n) is 7.26. The predicted molar refractivity (Wildman–Crippen MR) is 95.4 cm³/mol. The van der Waals surface area contributed by atoms with E-state index in [1.165, 1.54) is 0 Å². The molecule has 2 aromatic carbocycles. The Bertz CT molecular complexity index is 693. The number of amides is 2. The molecule has 3 rings (SSSR count). The number of methoxy groups -OCH3 is 1. The number of halogens is 1. The molecule has 6 heteroatoms. The topological polar surface area (TPSA) is 41.6 Å². The highest BCUT2D eigenvalue weighted by Crippen LogP contribution is 2.38. The van der Waals surface area contributed by atoms with E-state index in [4.69, 9.17) is 16.3 Å². The first-order valence-corrected chi connectivity index (χ1v) is 8.69. The molecule has 0 radical (unpaired) electrons. The Hall–Kier alpha value is -1.85. The van der Waals surface area contributed by atoms with Crippen LogP contribution in [0.3, 0.4) is 0 Å². The van der Waals surface area contributed by atoms with E-state index in [-0.39, 0.29) is 11.4 Å². The minimum absolute atomic E-state index is 0.00746. The second-order valence-corrected chi connectivity index (χ2v) is 6.75. The van der Waals surface area contributed by atoms with Gasteiger partial charge in [0.15, 0.2) is 0 Å². The SMILES string of the molecule is COc1ccc(NC(=O)N2CCS[C@H]2c2cccc(Cl)c2)cc1. The molecule has 1 saturated heterocycles. The second kappa shape index (κ2) is 7.15. The number of nitrogens with zero attached hydrogens (tertiary/aromatic N) is 1. The number of urea groups is 1. The smallest absolute Gasteiger partial charge is 0.323 e. The van der Waals surface area contributed by atoms with Crippen molar-refractivity contribution in [2.45, 2.75) is 5.37 Å². The highest BCUT2D eigenvalue weighted by atomic mass is 35.5. The van der Waals surface area contributed by atoms with Crippen molar-refractivity contribution in [1.29, 1.82) is 0 Å². The number of hydrogen-bond donors (Lipinski definition) is 1. The molecule has 23 heavy (non-hydrogen) atoms. The fourth-order valence-electron chi connectivity index (χ4n) is 2.48. The third-order valence-electron chi connectivity index (χ3n) is 3.63. The first-order chi connectivity index (χ1) is 11.2. The number of nitrogens with one attached hydrogen (secondary N) is 1. The van der Waals surface area contributed by atoms with Crippen LogP contribution in [0.2, 0.25) is 5.02 Å². The molecule has 0 aliphatic carbocycles. The number of hydrogen-bond acceptors (Lipinski definition) is 3. The van der Waals surface area contributed by atoms with Crippen LogP contribution in [0, 0.1) is 0 Å². The van der Waals surface area contributed by atoms with Gasteiger partial charge < -0.3 is 15.0 Å². The van der Waals surface area contributed by atoms with Gasteiger partial charge in [0.2, 0.25) is 0 Å². The van der Waals surface area contributed by atoms with Crippen LogP contribution >= 0.6 is 23.4 Å². The zero-order valence-electron chi connectivity index (χ0n) is 12.7. The van der Waals surface area contributed by atoms with Crippen LogP contribution in [0.15, 0.2) is 48.5 Å². The Labute approximate surface area is 144 Å². The number of anilines is 1. The number of carbonyl (C=O) groups is 1. The van der Waals surface area contributed by atoms with Crippen molar-refractivity contribution in [3.8, 4) is 5.75 Å². The fraction of sp³-hybridized carbons (Fsp3) is 0.235. The van der Waals surface area contributed by atoms with Crippen molar-refractivity contribution in [2.24, 2.45) is 0 Å². The monoisotopic (exact) mass is 348 g/mol. The van der Waals surface area contributed by atoms with Crippen LogP contribution in [0.1, 0.15) is 10.9 Å². The van der Waals surface area contributed by atoms with Gasteiger partial charge in [-0.2, -0.15) is 0 Å². The number of benzene rings is 2. The molecule has 1 aliphatic heterocycles. The summed E-state index contributed by atoms with van der Waals surface area (Å²) >= 11 is 7.81. The Balaban J connectivity index is 1.72. The molecule has 4 nitrogen and oxygen atoms in total. The fourth-order valence-corrected chi connectivity index (χ4v) is 3.93. The zero-order valence-corrected chi connectivity index (χ0v) is 14.2. The Morgan fingerprint density at radius 3 is 2.78 bits per heavy atom. The molecule has 2 aromatic rings.